The van der Waals surface area contributed by atoms with Crippen LogP contribution >= 0.6 is 0 Å². The van der Waals surface area contributed by atoms with Crippen LogP contribution < -0.4 is 10.6 Å². The number of hydrogen-bond acceptors (Lipinski definition) is 3. The highest BCUT2D eigenvalue weighted by Gasteiger charge is 2.50. The van der Waals surface area contributed by atoms with Gasteiger partial charge in [0.2, 0.25) is 5.91 Å². The summed E-state index contributed by atoms with van der Waals surface area (Å²) in [5.74, 6) is 0.397. The Labute approximate surface area is 180 Å². The van der Waals surface area contributed by atoms with Crippen molar-refractivity contribution in [3.8, 4) is 0 Å². The Morgan fingerprint density at radius 2 is 1.90 bits per heavy atom. The number of carbonyl (C=O) groups excluding carboxylic acids is 1. The van der Waals surface area contributed by atoms with Gasteiger partial charge >= 0.3 is 0 Å². The third-order valence-corrected chi connectivity index (χ3v) is 8.71. The van der Waals surface area contributed by atoms with Crippen LogP contribution in [-0.2, 0) is 4.79 Å². The molecule has 4 aliphatic rings. The van der Waals surface area contributed by atoms with E-state index in [0.29, 0.717) is 19.0 Å². The van der Waals surface area contributed by atoms with Crippen molar-refractivity contribution in [2.24, 2.45) is 5.41 Å². The van der Waals surface area contributed by atoms with E-state index in [4.69, 9.17) is 0 Å². The van der Waals surface area contributed by atoms with E-state index < -0.39 is 5.41 Å². The van der Waals surface area contributed by atoms with Crippen LogP contribution in [0.5, 0.6) is 0 Å². The second-order valence-corrected chi connectivity index (χ2v) is 10.2. The summed E-state index contributed by atoms with van der Waals surface area (Å²) in [4.78, 5) is 15.4. The highest BCUT2D eigenvalue weighted by Crippen LogP contribution is 2.47. The number of nitrogens with zero attached hydrogens (tertiary/aromatic N) is 1. The van der Waals surface area contributed by atoms with Gasteiger partial charge in [0.25, 0.3) is 0 Å². The molecule has 1 saturated carbocycles. The molecule has 4 nitrogen and oxygen atoms in total. The topological polar surface area (TPSA) is 44.4 Å². The molecule has 5 heteroatoms. The predicted molar refractivity (Wildman–Crippen MR) is 117 cm³/mol. The molecule has 30 heavy (non-hydrogen) atoms. The summed E-state index contributed by atoms with van der Waals surface area (Å²) in [5, 5.41) is 6.39. The fourth-order valence-corrected chi connectivity index (χ4v) is 6.91. The number of carbonyl (C=O) groups is 1. The molecule has 3 atom stereocenters. The molecular weight excluding hydrogens is 377 g/mol. The molecular formula is C25H36FN3O. The monoisotopic (exact) mass is 413 g/mol. The Kier molecular flexibility index (Phi) is 5.61. The van der Waals surface area contributed by atoms with Gasteiger partial charge in [-0.25, -0.2) is 4.39 Å². The minimum Gasteiger partial charge on any atom is -0.356 e. The quantitative estimate of drug-likeness (QED) is 0.789. The van der Waals surface area contributed by atoms with Crippen molar-refractivity contribution in [2.75, 3.05) is 26.2 Å². The zero-order valence-corrected chi connectivity index (χ0v) is 18.3. The molecule has 3 saturated heterocycles. The summed E-state index contributed by atoms with van der Waals surface area (Å²) in [6.45, 7) is 5.86. The van der Waals surface area contributed by atoms with E-state index in [9.17, 15) is 4.79 Å². The number of hydrogen-bond donors (Lipinski definition) is 2. The van der Waals surface area contributed by atoms with Gasteiger partial charge in [0.05, 0.1) is 5.41 Å². The molecule has 3 heterocycles. The summed E-state index contributed by atoms with van der Waals surface area (Å²) in [7, 11) is 0. The van der Waals surface area contributed by atoms with Crippen LogP contribution in [0.25, 0.3) is 0 Å². The smallest absolute Gasteiger partial charge is 0.227 e. The molecule has 2 N–H and O–H groups in total. The van der Waals surface area contributed by atoms with Gasteiger partial charge in [-0.15, -0.1) is 0 Å². The van der Waals surface area contributed by atoms with Crippen LogP contribution in [0, 0.1) is 11.2 Å². The second kappa shape index (κ2) is 8.23. The van der Waals surface area contributed by atoms with Gasteiger partial charge in [-0.1, -0.05) is 12.1 Å². The van der Waals surface area contributed by atoms with E-state index in [-0.39, 0.29) is 17.6 Å². The molecule has 1 aromatic carbocycles. The van der Waals surface area contributed by atoms with Gasteiger partial charge in [0, 0.05) is 31.1 Å². The average molecular weight is 414 g/mol. The van der Waals surface area contributed by atoms with Crippen molar-refractivity contribution >= 4 is 5.91 Å². The van der Waals surface area contributed by atoms with Crippen molar-refractivity contribution in [1.82, 2.24) is 15.5 Å². The lowest BCUT2D eigenvalue weighted by Crippen LogP contribution is -2.48. The largest absolute Gasteiger partial charge is 0.356 e. The summed E-state index contributed by atoms with van der Waals surface area (Å²) < 4.78 is 15.4. The van der Waals surface area contributed by atoms with Crippen molar-refractivity contribution in [3.63, 3.8) is 0 Å². The normalized spacial score (nSPS) is 37.6. The van der Waals surface area contributed by atoms with E-state index in [1.54, 1.807) is 6.07 Å². The maximum absolute atomic E-state index is 15.4. The molecule has 1 amide bonds. The van der Waals surface area contributed by atoms with Gasteiger partial charge in [-0.3, -0.25) is 9.69 Å². The number of likely N-dealkylation sites (tertiary alicyclic amines) is 1. The molecule has 164 valence electrons. The molecule has 3 aliphatic heterocycles. The fraction of sp³-hybridized carbons (Fsp3) is 0.720. The number of benzene rings is 1. The third-order valence-electron chi connectivity index (χ3n) is 8.71. The Balaban J connectivity index is 1.30. The lowest BCUT2D eigenvalue weighted by molar-refractivity contribution is -0.129. The van der Waals surface area contributed by atoms with Gasteiger partial charge < -0.3 is 10.6 Å². The molecule has 1 aromatic rings. The van der Waals surface area contributed by atoms with Crippen molar-refractivity contribution in [2.45, 2.75) is 82.2 Å². The van der Waals surface area contributed by atoms with Crippen LogP contribution in [0.15, 0.2) is 18.2 Å². The Bertz CT molecular complexity index is 791. The average Bonchev–Trinajstić information content (AvgIpc) is 3.35. The zero-order valence-electron chi connectivity index (χ0n) is 18.3. The van der Waals surface area contributed by atoms with Crippen molar-refractivity contribution in [1.29, 1.82) is 0 Å². The van der Waals surface area contributed by atoms with Gasteiger partial charge in [0.1, 0.15) is 5.82 Å². The zero-order chi connectivity index (χ0) is 20.7. The fourth-order valence-electron chi connectivity index (χ4n) is 6.91. The molecule has 1 spiro atoms. The van der Waals surface area contributed by atoms with E-state index in [2.05, 4.69) is 28.5 Å². The van der Waals surface area contributed by atoms with Crippen LogP contribution in [-0.4, -0.2) is 49.1 Å². The van der Waals surface area contributed by atoms with E-state index in [1.165, 1.54) is 32.2 Å². The number of amides is 1. The summed E-state index contributed by atoms with van der Waals surface area (Å²) in [5.41, 5.74) is 1.44. The van der Waals surface area contributed by atoms with Gasteiger partial charge in [-0.2, -0.15) is 0 Å². The number of piperidine rings is 1. The van der Waals surface area contributed by atoms with Crippen LogP contribution in [0.1, 0.15) is 81.3 Å². The van der Waals surface area contributed by atoms with Crippen LogP contribution in [0.3, 0.4) is 0 Å². The van der Waals surface area contributed by atoms with E-state index >= 15 is 4.39 Å². The maximum atomic E-state index is 15.4. The molecule has 2 unspecified atom stereocenters. The minimum atomic E-state index is -0.432. The first-order valence-electron chi connectivity index (χ1n) is 12.1. The summed E-state index contributed by atoms with van der Waals surface area (Å²) in [6.07, 6.45) is 9.06. The Hall–Kier alpha value is -1.46. The molecule has 0 aromatic heterocycles. The van der Waals surface area contributed by atoms with Crippen molar-refractivity contribution < 1.29 is 9.18 Å². The van der Waals surface area contributed by atoms with Crippen molar-refractivity contribution in [3.05, 3.63) is 35.1 Å². The number of halogens is 1. The first-order chi connectivity index (χ1) is 14.6. The molecule has 5 rings (SSSR count). The number of rotatable bonds is 3. The highest BCUT2D eigenvalue weighted by atomic mass is 19.1. The molecule has 4 fully saturated rings. The maximum Gasteiger partial charge on any atom is 0.227 e. The summed E-state index contributed by atoms with van der Waals surface area (Å²) in [6, 6.07) is 7.37. The molecule has 1 aliphatic carbocycles. The Morgan fingerprint density at radius 3 is 2.57 bits per heavy atom. The second-order valence-electron chi connectivity index (χ2n) is 10.2. The van der Waals surface area contributed by atoms with Crippen LogP contribution in [0.4, 0.5) is 4.39 Å². The van der Waals surface area contributed by atoms with E-state index in [1.807, 2.05) is 6.07 Å². The Morgan fingerprint density at radius 1 is 1.10 bits per heavy atom. The summed E-state index contributed by atoms with van der Waals surface area (Å²) >= 11 is 0. The number of nitrogens with one attached hydrogen (secondary N) is 2. The van der Waals surface area contributed by atoms with Gasteiger partial charge in [-0.05, 0) is 94.5 Å². The SMILES string of the molecule is C[C@H]1CCCN1C1CCC(c2ccc(C3CNCCC34CCNC4=O)c(F)c2)CC1. The third kappa shape index (κ3) is 3.48. The highest BCUT2D eigenvalue weighted by molar-refractivity contribution is 5.86. The van der Waals surface area contributed by atoms with Crippen LogP contribution in [0.2, 0.25) is 0 Å². The molecule has 0 bridgehead atoms. The lowest BCUT2D eigenvalue weighted by atomic mass is 9.66. The predicted octanol–water partition coefficient (Wildman–Crippen LogP) is 3.92. The van der Waals surface area contributed by atoms with Gasteiger partial charge in [0.15, 0.2) is 0 Å². The first-order valence-corrected chi connectivity index (χ1v) is 12.1. The lowest BCUT2D eigenvalue weighted by Gasteiger charge is -2.40. The van der Waals surface area contributed by atoms with E-state index in [0.717, 1.165) is 55.4 Å². The standard InChI is InChI=1S/C25H36FN3O/c1-17-3-2-14-29(17)20-7-4-18(5-8-20)19-6-9-21(23(26)15-19)22-16-27-12-10-25(22)11-13-28-24(25)30/h6,9,15,17-18,20,22,27H,2-5,7-8,10-14,16H2,1H3,(H,28,30)/t17-,18?,20?,22?,25?/m0/s1. The molecule has 0 radical (unpaired) electrons. The minimum absolute atomic E-state index is 0.0739. The first kappa shape index (κ1) is 20.4.